The first kappa shape index (κ1) is 15.0. The first-order chi connectivity index (χ1) is 8.60. The number of terminal acetylenes is 1. The van der Waals surface area contributed by atoms with Crippen molar-refractivity contribution >= 4 is 5.91 Å². The van der Waals surface area contributed by atoms with E-state index in [-0.39, 0.29) is 29.8 Å². The second-order valence-electron chi connectivity index (χ2n) is 5.10. The van der Waals surface area contributed by atoms with Crippen molar-refractivity contribution in [3.05, 3.63) is 0 Å². The molecule has 102 valence electrons. The van der Waals surface area contributed by atoms with E-state index in [0.717, 1.165) is 13.0 Å². The molecule has 3 atom stereocenters. The maximum absolute atomic E-state index is 12.2. The fourth-order valence-electron chi connectivity index (χ4n) is 2.00. The van der Waals surface area contributed by atoms with Gasteiger partial charge in [0.25, 0.3) is 0 Å². The van der Waals surface area contributed by atoms with E-state index < -0.39 is 0 Å². The lowest BCUT2D eigenvalue weighted by molar-refractivity contribution is -0.126. The molecule has 4 heteroatoms. The second kappa shape index (κ2) is 7.40. The zero-order valence-corrected chi connectivity index (χ0v) is 11.5. The van der Waals surface area contributed by atoms with E-state index >= 15 is 0 Å². The van der Waals surface area contributed by atoms with Crippen molar-refractivity contribution in [1.29, 1.82) is 0 Å². The minimum atomic E-state index is -0.204. The number of hydrogen-bond acceptors (Lipinski definition) is 3. The van der Waals surface area contributed by atoms with E-state index in [9.17, 15) is 4.79 Å². The molecule has 1 amide bonds. The first-order valence-corrected chi connectivity index (χ1v) is 6.67. The van der Waals surface area contributed by atoms with Crippen LogP contribution < -0.4 is 10.6 Å². The zero-order chi connectivity index (χ0) is 13.5. The summed E-state index contributed by atoms with van der Waals surface area (Å²) >= 11 is 0. The Morgan fingerprint density at radius 3 is 2.78 bits per heavy atom. The molecule has 1 rings (SSSR count). The third-order valence-corrected chi connectivity index (χ3v) is 3.22. The van der Waals surface area contributed by atoms with Gasteiger partial charge in [0.1, 0.15) is 0 Å². The van der Waals surface area contributed by atoms with E-state index in [0.29, 0.717) is 13.2 Å². The fourth-order valence-corrected chi connectivity index (χ4v) is 2.00. The number of hydrogen-bond donors (Lipinski definition) is 2. The summed E-state index contributed by atoms with van der Waals surface area (Å²) in [5.74, 6) is 2.72. The minimum Gasteiger partial charge on any atom is -0.379 e. The summed E-state index contributed by atoms with van der Waals surface area (Å²) in [4.78, 5) is 12.2. The number of carbonyl (C=O) groups excluding carboxylic acids is 1. The van der Waals surface area contributed by atoms with Crippen molar-refractivity contribution in [1.82, 2.24) is 10.6 Å². The van der Waals surface area contributed by atoms with Gasteiger partial charge in [0.05, 0.1) is 25.2 Å². The minimum absolute atomic E-state index is 0.00208. The molecule has 0 radical (unpaired) electrons. The molecule has 0 saturated carbocycles. The van der Waals surface area contributed by atoms with E-state index in [1.807, 2.05) is 13.8 Å². The molecule has 0 spiro atoms. The molecule has 1 heterocycles. The van der Waals surface area contributed by atoms with Crippen molar-refractivity contribution in [2.75, 3.05) is 19.8 Å². The average molecular weight is 252 g/mol. The highest BCUT2D eigenvalue weighted by Crippen LogP contribution is 2.15. The Balaban J connectivity index is 2.52. The van der Waals surface area contributed by atoms with Crippen LogP contribution in [0.1, 0.15) is 27.2 Å². The smallest absolute Gasteiger partial charge is 0.228 e. The van der Waals surface area contributed by atoms with Gasteiger partial charge >= 0.3 is 0 Å². The van der Waals surface area contributed by atoms with Crippen LogP contribution in [0.3, 0.4) is 0 Å². The molecule has 1 aliphatic heterocycles. The number of ether oxygens (including phenoxy) is 1. The standard InChI is InChI=1S/C14H24N2O2/c1-5-7-15-13-9-18-8-11(13)14(17)16-12(6-2)10(3)4/h2,10-13,15H,5,7-9H2,1,3-4H3,(H,16,17). The summed E-state index contributed by atoms with van der Waals surface area (Å²) in [5, 5.41) is 6.26. The molecule has 0 bridgehead atoms. The second-order valence-corrected chi connectivity index (χ2v) is 5.10. The Morgan fingerprint density at radius 2 is 2.22 bits per heavy atom. The molecule has 0 aromatic heterocycles. The summed E-state index contributed by atoms with van der Waals surface area (Å²) in [5.41, 5.74) is 0. The van der Waals surface area contributed by atoms with E-state index in [1.165, 1.54) is 0 Å². The summed E-state index contributed by atoms with van der Waals surface area (Å²) in [7, 11) is 0. The van der Waals surface area contributed by atoms with Crippen molar-refractivity contribution in [3.63, 3.8) is 0 Å². The van der Waals surface area contributed by atoms with Crippen LogP contribution in [-0.4, -0.2) is 37.7 Å². The third kappa shape index (κ3) is 4.01. The molecular formula is C14H24N2O2. The number of carbonyl (C=O) groups is 1. The van der Waals surface area contributed by atoms with Crippen molar-refractivity contribution in [3.8, 4) is 12.3 Å². The Labute approximate surface area is 110 Å². The maximum Gasteiger partial charge on any atom is 0.228 e. The molecule has 18 heavy (non-hydrogen) atoms. The monoisotopic (exact) mass is 252 g/mol. The summed E-state index contributed by atoms with van der Waals surface area (Å²) in [6.45, 7) is 8.08. The van der Waals surface area contributed by atoms with Gasteiger partial charge in [0.15, 0.2) is 0 Å². The quantitative estimate of drug-likeness (QED) is 0.687. The summed E-state index contributed by atoms with van der Waals surface area (Å²) in [6, 6.07) is -0.0968. The molecule has 4 nitrogen and oxygen atoms in total. The van der Waals surface area contributed by atoms with Crippen molar-refractivity contribution in [2.24, 2.45) is 11.8 Å². The van der Waals surface area contributed by atoms with Crippen LogP contribution in [-0.2, 0) is 9.53 Å². The van der Waals surface area contributed by atoms with Gasteiger partial charge in [0, 0.05) is 6.04 Å². The lowest BCUT2D eigenvalue weighted by atomic mass is 10.00. The maximum atomic E-state index is 12.2. The molecule has 0 aromatic carbocycles. The van der Waals surface area contributed by atoms with Crippen LogP contribution in [0, 0.1) is 24.2 Å². The van der Waals surface area contributed by atoms with E-state index in [4.69, 9.17) is 11.2 Å². The Hall–Kier alpha value is -1.05. The lowest BCUT2D eigenvalue weighted by Crippen LogP contribution is -2.47. The average Bonchev–Trinajstić information content (AvgIpc) is 2.80. The normalized spacial score (nSPS) is 24.8. The van der Waals surface area contributed by atoms with Gasteiger partial charge in [-0.25, -0.2) is 0 Å². The molecule has 3 unspecified atom stereocenters. The molecular weight excluding hydrogens is 228 g/mol. The predicted molar refractivity (Wildman–Crippen MR) is 72.0 cm³/mol. The number of nitrogens with one attached hydrogen (secondary N) is 2. The van der Waals surface area contributed by atoms with Crippen LogP contribution in [0.4, 0.5) is 0 Å². The zero-order valence-electron chi connectivity index (χ0n) is 11.5. The Bertz CT molecular complexity index is 309. The molecule has 0 aliphatic carbocycles. The topological polar surface area (TPSA) is 50.4 Å². The Kier molecular flexibility index (Phi) is 6.17. The molecule has 1 saturated heterocycles. The van der Waals surface area contributed by atoms with Crippen LogP contribution >= 0.6 is 0 Å². The highest BCUT2D eigenvalue weighted by molar-refractivity contribution is 5.80. The van der Waals surface area contributed by atoms with Crippen LogP contribution in [0.15, 0.2) is 0 Å². The number of rotatable bonds is 6. The molecule has 1 fully saturated rings. The van der Waals surface area contributed by atoms with Crippen molar-refractivity contribution in [2.45, 2.75) is 39.3 Å². The molecule has 2 N–H and O–H groups in total. The molecule has 0 aromatic rings. The van der Waals surface area contributed by atoms with Crippen LogP contribution in [0.25, 0.3) is 0 Å². The van der Waals surface area contributed by atoms with Crippen molar-refractivity contribution < 1.29 is 9.53 Å². The highest BCUT2D eigenvalue weighted by atomic mass is 16.5. The van der Waals surface area contributed by atoms with Crippen LogP contribution in [0.2, 0.25) is 0 Å². The van der Waals surface area contributed by atoms with Gasteiger partial charge in [-0.2, -0.15) is 0 Å². The van der Waals surface area contributed by atoms with E-state index in [2.05, 4.69) is 23.5 Å². The predicted octanol–water partition coefficient (Wildman–Crippen LogP) is 0.775. The van der Waals surface area contributed by atoms with E-state index in [1.54, 1.807) is 0 Å². The highest BCUT2D eigenvalue weighted by Gasteiger charge is 2.34. The summed E-state index contributed by atoms with van der Waals surface area (Å²) in [6.07, 6.45) is 6.47. The number of amides is 1. The van der Waals surface area contributed by atoms with Crippen LogP contribution in [0.5, 0.6) is 0 Å². The van der Waals surface area contributed by atoms with Gasteiger partial charge in [0.2, 0.25) is 5.91 Å². The lowest BCUT2D eigenvalue weighted by Gasteiger charge is -2.22. The van der Waals surface area contributed by atoms with Gasteiger partial charge < -0.3 is 15.4 Å². The fraction of sp³-hybridized carbons (Fsp3) is 0.786. The van der Waals surface area contributed by atoms with Gasteiger partial charge in [-0.3, -0.25) is 4.79 Å². The first-order valence-electron chi connectivity index (χ1n) is 6.67. The summed E-state index contributed by atoms with van der Waals surface area (Å²) < 4.78 is 5.39. The SMILES string of the molecule is C#CC(NC(=O)C1COCC1NCCC)C(C)C. The van der Waals surface area contributed by atoms with Gasteiger partial charge in [-0.1, -0.05) is 26.7 Å². The van der Waals surface area contributed by atoms with Gasteiger partial charge in [-0.15, -0.1) is 6.42 Å². The van der Waals surface area contributed by atoms with Gasteiger partial charge in [-0.05, 0) is 18.9 Å². The largest absolute Gasteiger partial charge is 0.379 e. The third-order valence-electron chi connectivity index (χ3n) is 3.22. The molecule has 1 aliphatic rings. The Morgan fingerprint density at radius 1 is 1.50 bits per heavy atom.